The first-order valence-corrected chi connectivity index (χ1v) is 7.09. The van der Waals surface area contributed by atoms with Crippen LogP contribution in [0.3, 0.4) is 0 Å². The number of hydrogen-bond donors (Lipinski definition) is 2. The van der Waals surface area contributed by atoms with Crippen LogP contribution in [0.25, 0.3) is 0 Å². The van der Waals surface area contributed by atoms with Crippen LogP contribution >= 0.6 is 12.2 Å². The molecule has 3 N–H and O–H groups in total. The maximum absolute atomic E-state index is 12.4. The smallest absolute Gasteiger partial charge is 0.233 e. The van der Waals surface area contributed by atoms with Gasteiger partial charge in [-0.25, -0.2) is 4.98 Å². The van der Waals surface area contributed by atoms with E-state index < -0.39 is 5.41 Å². The van der Waals surface area contributed by atoms with Crippen LogP contribution in [-0.2, 0) is 22.5 Å². The number of nitrogens with two attached hydrogens (primary N) is 1. The molecule has 7 heteroatoms. The number of nitrogens with zero attached hydrogens (tertiary/aromatic N) is 1. The summed E-state index contributed by atoms with van der Waals surface area (Å²) in [7, 11) is 0. The molecule has 1 saturated heterocycles. The van der Waals surface area contributed by atoms with Crippen LogP contribution in [-0.4, -0.2) is 29.1 Å². The summed E-state index contributed by atoms with van der Waals surface area (Å²) in [5, 5.41) is 2.81. The predicted molar refractivity (Wildman–Crippen MR) is 77.0 cm³/mol. The van der Waals surface area contributed by atoms with Crippen molar-refractivity contribution in [2.24, 2.45) is 11.1 Å². The number of thiocarbonyl (C=S) groups is 1. The first-order valence-electron chi connectivity index (χ1n) is 6.68. The molecule has 2 rings (SSSR count). The molecule has 0 aliphatic carbocycles. The Hall–Kier alpha value is -1.47. The lowest BCUT2D eigenvalue weighted by atomic mass is 9.79. The van der Waals surface area contributed by atoms with Gasteiger partial charge in [-0.1, -0.05) is 19.1 Å². The topological polar surface area (TPSA) is 90.4 Å². The highest BCUT2D eigenvalue weighted by atomic mass is 32.1. The zero-order valence-corrected chi connectivity index (χ0v) is 12.3. The maximum Gasteiger partial charge on any atom is 0.233 e. The lowest BCUT2D eigenvalue weighted by Crippen LogP contribution is -2.51. The van der Waals surface area contributed by atoms with E-state index in [1.54, 1.807) is 6.20 Å². The zero-order chi connectivity index (χ0) is 14.6. The SMILES string of the molecule is CCc1cnc(CNC(=O)C2(C(N)=S)CCOCC2)o1. The van der Waals surface area contributed by atoms with Gasteiger partial charge in [-0.05, 0) is 12.8 Å². The Morgan fingerprint density at radius 3 is 2.80 bits per heavy atom. The Morgan fingerprint density at radius 2 is 2.25 bits per heavy atom. The molecule has 1 amide bonds. The molecule has 0 radical (unpaired) electrons. The zero-order valence-electron chi connectivity index (χ0n) is 11.5. The lowest BCUT2D eigenvalue weighted by molar-refractivity contribution is -0.131. The number of carbonyl (C=O) groups excluding carboxylic acids is 1. The van der Waals surface area contributed by atoms with Crippen LogP contribution in [0.5, 0.6) is 0 Å². The van der Waals surface area contributed by atoms with E-state index in [2.05, 4.69) is 10.3 Å². The molecule has 1 aromatic rings. The van der Waals surface area contributed by atoms with Crippen molar-refractivity contribution in [2.75, 3.05) is 13.2 Å². The third-order valence-electron chi connectivity index (χ3n) is 3.60. The van der Waals surface area contributed by atoms with E-state index in [1.165, 1.54) is 0 Å². The standard InChI is InChI=1S/C13H19N3O3S/c1-2-9-7-15-10(19-9)8-16-12(17)13(11(14)20)3-5-18-6-4-13/h7H,2-6,8H2,1H3,(H2,14,20)(H,16,17). The molecule has 0 bridgehead atoms. The summed E-state index contributed by atoms with van der Waals surface area (Å²) >= 11 is 5.08. The molecule has 20 heavy (non-hydrogen) atoms. The van der Waals surface area contributed by atoms with Gasteiger partial charge in [0.2, 0.25) is 11.8 Å². The van der Waals surface area contributed by atoms with E-state index in [-0.39, 0.29) is 17.4 Å². The van der Waals surface area contributed by atoms with E-state index in [4.69, 9.17) is 27.1 Å². The fourth-order valence-corrected chi connectivity index (χ4v) is 2.52. The van der Waals surface area contributed by atoms with Gasteiger partial charge in [-0.3, -0.25) is 4.79 Å². The van der Waals surface area contributed by atoms with Crippen LogP contribution in [0.1, 0.15) is 31.4 Å². The highest BCUT2D eigenvalue weighted by Crippen LogP contribution is 2.31. The summed E-state index contributed by atoms with van der Waals surface area (Å²) in [5.41, 5.74) is 4.96. The maximum atomic E-state index is 12.4. The number of oxazole rings is 1. The number of hydrogen-bond acceptors (Lipinski definition) is 5. The molecular weight excluding hydrogens is 278 g/mol. The van der Waals surface area contributed by atoms with Gasteiger partial charge < -0.3 is 20.2 Å². The number of aryl methyl sites for hydroxylation is 1. The molecule has 1 aromatic heterocycles. The normalized spacial score (nSPS) is 17.6. The van der Waals surface area contributed by atoms with Crippen molar-refractivity contribution in [1.82, 2.24) is 10.3 Å². The van der Waals surface area contributed by atoms with E-state index in [0.717, 1.165) is 12.2 Å². The molecule has 1 aliphatic heterocycles. The van der Waals surface area contributed by atoms with E-state index in [1.807, 2.05) is 6.92 Å². The highest BCUT2D eigenvalue weighted by molar-refractivity contribution is 7.80. The molecular formula is C13H19N3O3S. The fourth-order valence-electron chi connectivity index (χ4n) is 2.22. The van der Waals surface area contributed by atoms with Crippen molar-refractivity contribution in [1.29, 1.82) is 0 Å². The monoisotopic (exact) mass is 297 g/mol. The number of ether oxygens (including phenoxy) is 1. The summed E-state index contributed by atoms with van der Waals surface area (Å²) in [6.45, 7) is 3.20. The minimum absolute atomic E-state index is 0.176. The van der Waals surface area contributed by atoms with Crippen LogP contribution in [0.4, 0.5) is 0 Å². The van der Waals surface area contributed by atoms with Crippen molar-refractivity contribution in [3.63, 3.8) is 0 Å². The number of aromatic nitrogens is 1. The summed E-state index contributed by atoms with van der Waals surface area (Å²) in [4.78, 5) is 16.7. The largest absolute Gasteiger partial charge is 0.444 e. The van der Waals surface area contributed by atoms with Gasteiger partial charge >= 0.3 is 0 Å². The second kappa shape index (κ2) is 6.32. The molecule has 1 fully saturated rings. The fraction of sp³-hybridized carbons (Fsp3) is 0.615. The molecule has 0 atom stereocenters. The van der Waals surface area contributed by atoms with Gasteiger partial charge in [0.05, 0.1) is 17.7 Å². The van der Waals surface area contributed by atoms with Gasteiger partial charge in [0.1, 0.15) is 11.2 Å². The first-order chi connectivity index (χ1) is 9.58. The Balaban J connectivity index is 2.00. The van der Waals surface area contributed by atoms with Gasteiger partial charge in [0.25, 0.3) is 0 Å². The molecule has 0 saturated carbocycles. The Labute approximate surface area is 123 Å². The number of nitrogens with one attached hydrogen (secondary N) is 1. The third kappa shape index (κ3) is 2.99. The second-order valence-electron chi connectivity index (χ2n) is 4.82. The minimum atomic E-state index is -0.812. The summed E-state index contributed by atoms with van der Waals surface area (Å²) in [6.07, 6.45) is 3.47. The van der Waals surface area contributed by atoms with Gasteiger partial charge in [0, 0.05) is 19.6 Å². The molecule has 110 valence electrons. The number of amides is 1. The van der Waals surface area contributed by atoms with Crippen molar-refractivity contribution in [2.45, 2.75) is 32.7 Å². The molecule has 0 unspecified atom stereocenters. The van der Waals surface area contributed by atoms with Crippen molar-refractivity contribution < 1.29 is 13.9 Å². The molecule has 6 nitrogen and oxygen atoms in total. The predicted octanol–water partition coefficient (Wildman–Crippen LogP) is 0.936. The third-order valence-corrected chi connectivity index (χ3v) is 3.99. The minimum Gasteiger partial charge on any atom is -0.444 e. The Bertz CT molecular complexity index is 495. The average molecular weight is 297 g/mol. The highest BCUT2D eigenvalue weighted by Gasteiger charge is 2.42. The number of carbonyl (C=O) groups is 1. The van der Waals surface area contributed by atoms with Crippen molar-refractivity contribution in [3.05, 3.63) is 17.8 Å². The summed E-state index contributed by atoms with van der Waals surface area (Å²) in [5.74, 6) is 1.11. The lowest BCUT2D eigenvalue weighted by Gasteiger charge is -2.34. The Morgan fingerprint density at radius 1 is 1.55 bits per heavy atom. The Kier molecular flexibility index (Phi) is 4.72. The van der Waals surface area contributed by atoms with Crippen molar-refractivity contribution in [3.8, 4) is 0 Å². The van der Waals surface area contributed by atoms with Gasteiger partial charge in [-0.15, -0.1) is 0 Å². The summed E-state index contributed by atoms with van der Waals surface area (Å²) < 4.78 is 10.7. The van der Waals surface area contributed by atoms with Gasteiger partial charge in [-0.2, -0.15) is 0 Å². The average Bonchev–Trinajstić information content (AvgIpc) is 2.93. The van der Waals surface area contributed by atoms with Crippen LogP contribution in [0, 0.1) is 5.41 Å². The van der Waals surface area contributed by atoms with E-state index in [9.17, 15) is 4.79 Å². The van der Waals surface area contributed by atoms with Crippen molar-refractivity contribution >= 4 is 23.1 Å². The van der Waals surface area contributed by atoms with Crippen LogP contribution < -0.4 is 11.1 Å². The van der Waals surface area contributed by atoms with Crippen LogP contribution in [0.2, 0.25) is 0 Å². The first kappa shape index (κ1) is 14.9. The molecule has 2 heterocycles. The van der Waals surface area contributed by atoms with Crippen LogP contribution in [0.15, 0.2) is 10.6 Å². The van der Waals surface area contributed by atoms with E-state index >= 15 is 0 Å². The quantitative estimate of drug-likeness (QED) is 0.786. The molecule has 0 spiro atoms. The molecule has 0 aromatic carbocycles. The molecule has 1 aliphatic rings. The number of rotatable bonds is 5. The van der Waals surface area contributed by atoms with E-state index in [0.29, 0.717) is 31.9 Å². The van der Waals surface area contributed by atoms with Gasteiger partial charge in [0.15, 0.2) is 0 Å². The summed E-state index contributed by atoms with van der Waals surface area (Å²) in [6, 6.07) is 0. The second-order valence-corrected chi connectivity index (χ2v) is 5.26.